The first-order valence-electron chi connectivity index (χ1n) is 3.97. The van der Waals surface area contributed by atoms with Crippen molar-refractivity contribution in [2.24, 2.45) is 0 Å². The van der Waals surface area contributed by atoms with E-state index < -0.39 is 0 Å². The van der Waals surface area contributed by atoms with Crippen molar-refractivity contribution in [2.75, 3.05) is 12.0 Å². The molecule has 1 rings (SSSR count). The van der Waals surface area contributed by atoms with E-state index in [0.717, 1.165) is 5.56 Å². The third-order valence-electron chi connectivity index (χ3n) is 1.62. The van der Waals surface area contributed by atoms with Gasteiger partial charge in [-0.3, -0.25) is 4.79 Å². The molecule has 1 aromatic carbocycles. The predicted octanol–water partition coefficient (Wildman–Crippen LogP) is 2.30. The summed E-state index contributed by atoms with van der Waals surface area (Å²) in [5.41, 5.74) is 0.875. The summed E-state index contributed by atoms with van der Waals surface area (Å²) in [6, 6.07) is 6.05. The van der Waals surface area contributed by atoms with Crippen molar-refractivity contribution in [3.8, 4) is 0 Å². The molecule has 0 aliphatic rings. The van der Waals surface area contributed by atoms with E-state index >= 15 is 0 Å². The highest BCUT2D eigenvalue weighted by atomic mass is 32.2. The van der Waals surface area contributed by atoms with Crippen molar-refractivity contribution in [2.45, 2.75) is 6.42 Å². The van der Waals surface area contributed by atoms with Crippen molar-refractivity contribution in [3.63, 3.8) is 0 Å². The summed E-state index contributed by atoms with van der Waals surface area (Å²) in [7, 11) is 0. The molecule has 0 bridgehead atoms. The van der Waals surface area contributed by atoms with Crippen LogP contribution in [0.4, 0.5) is 4.39 Å². The highest BCUT2D eigenvalue weighted by Gasteiger charge is 2.02. The van der Waals surface area contributed by atoms with Crippen molar-refractivity contribution >= 4 is 17.5 Å². The Morgan fingerprint density at radius 3 is 2.54 bits per heavy atom. The van der Waals surface area contributed by atoms with Crippen LogP contribution < -0.4 is 0 Å². The largest absolute Gasteiger partial charge is 0.298 e. The van der Waals surface area contributed by atoms with E-state index in [0.29, 0.717) is 12.2 Å². The number of ketones is 1. The molecule has 0 N–H and O–H groups in total. The number of thioether (sulfide) groups is 1. The van der Waals surface area contributed by atoms with Crippen LogP contribution in [0.15, 0.2) is 24.3 Å². The number of carbonyl (C=O) groups excluding carboxylic acids is 1. The number of rotatable bonds is 4. The van der Waals surface area contributed by atoms with Crippen molar-refractivity contribution < 1.29 is 9.18 Å². The second-order valence-corrected chi connectivity index (χ2v) is 3.64. The summed E-state index contributed by atoms with van der Waals surface area (Å²) in [6.45, 7) is 0. The van der Waals surface area contributed by atoms with Gasteiger partial charge in [-0.15, -0.1) is 0 Å². The van der Waals surface area contributed by atoms with Gasteiger partial charge in [-0.05, 0) is 24.0 Å². The standard InChI is InChI=1S/C10H11FOS/c1-13-7-10(12)6-8-2-4-9(11)5-3-8/h2-5H,6-7H2,1H3. The molecule has 0 aliphatic heterocycles. The predicted molar refractivity (Wildman–Crippen MR) is 53.5 cm³/mol. The molecule has 70 valence electrons. The SMILES string of the molecule is CSCC(=O)Cc1ccc(F)cc1. The fraction of sp³-hybridized carbons (Fsp3) is 0.300. The maximum absolute atomic E-state index is 12.5. The summed E-state index contributed by atoms with van der Waals surface area (Å²) >= 11 is 1.51. The highest BCUT2D eigenvalue weighted by Crippen LogP contribution is 2.05. The first-order chi connectivity index (χ1) is 6.22. The molecular weight excluding hydrogens is 187 g/mol. The maximum Gasteiger partial charge on any atom is 0.147 e. The zero-order valence-corrected chi connectivity index (χ0v) is 8.23. The molecule has 0 fully saturated rings. The normalized spacial score (nSPS) is 10.0. The molecule has 0 aromatic heterocycles. The van der Waals surface area contributed by atoms with Crippen molar-refractivity contribution in [1.29, 1.82) is 0 Å². The summed E-state index contributed by atoms with van der Waals surface area (Å²) in [5, 5.41) is 0. The molecule has 0 atom stereocenters. The van der Waals surface area contributed by atoms with Crippen LogP contribution in [-0.2, 0) is 11.2 Å². The lowest BCUT2D eigenvalue weighted by atomic mass is 10.1. The lowest BCUT2D eigenvalue weighted by Gasteiger charge is -1.98. The lowest BCUT2D eigenvalue weighted by molar-refractivity contribution is -0.115. The van der Waals surface area contributed by atoms with Crippen LogP contribution in [0.5, 0.6) is 0 Å². The average Bonchev–Trinajstić information content (AvgIpc) is 2.09. The number of Topliss-reactive ketones (excluding diaryl/α,β-unsaturated/α-hetero) is 1. The first kappa shape index (κ1) is 10.3. The van der Waals surface area contributed by atoms with Gasteiger partial charge in [-0.2, -0.15) is 11.8 Å². The second kappa shape index (κ2) is 5.02. The van der Waals surface area contributed by atoms with Crippen LogP contribution in [0.3, 0.4) is 0 Å². The van der Waals surface area contributed by atoms with E-state index in [1.807, 2.05) is 6.26 Å². The molecule has 0 saturated heterocycles. The number of benzene rings is 1. The van der Waals surface area contributed by atoms with Crippen LogP contribution in [0.25, 0.3) is 0 Å². The third-order valence-corrected chi connectivity index (χ3v) is 2.23. The molecule has 0 amide bonds. The Kier molecular flexibility index (Phi) is 3.96. The Morgan fingerprint density at radius 1 is 1.38 bits per heavy atom. The van der Waals surface area contributed by atoms with Gasteiger partial charge in [0.25, 0.3) is 0 Å². The number of carbonyl (C=O) groups is 1. The number of halogens is 1. The smallest absolute Gasteiger partial charge is 0.147 e. The van der Waals surface area contributed by atoms with Gasteiger partial charge in [0, 0.05) is 6.42 Å². The van der Waals surface area contributed by atoms with E-state index in [9.17, 15) is 9.18 Å². The quantitative estimate of drug-likeness (QED) is 0.738. The van der Waals surface area contributed by atoms with E-state index in [2.05, 4.69) is 0 Å². The summed E-state index contributed by atoms with van der Waals surface area (Å²) in [6.07, 6.45) is 2.30. The summed E-state index contributed by atoms with van der Waals surface area (Å²) in [5.74, 6) is 0.442. The van der Waals surface area contributed by atoms with Crippen LogP contribution in [0, 0.1) is 5.82 Å². The summed E-state index contributed by atoms with van der Waals surface area (Å²) in [4.78, 5) is 11.2. The summed E-state index contributed by atoms with van der Waals surface area (Å²) < 4.78 is 12.5. The van der Waals surface area contributed by atoms with Gasteiger partial charge in [-0.25, -0.2) is 4.39 Å². The van der Waals surface area contributed by atoms with E-state index in [4.69, 9.17) is 0 Å². The van der Waals surface area contributed by atoms with E-state index in [1.54, 1.807) is 12.1 Å². The highest BCUT2D eigenvalue weighted by molar-refractivity contribution is 7.99. The van der Waals surface area contributed by atoms with Crippen molar-refractivity contribution in [3.05, 3.63) is 35.6 Å². The molecule has 3 heteroatoms. The Labute approximate surface area is 81.3 Å². The molecule has 13 heavy (non-hydrogen) atoms. The molecule has 0 radical (unpaired) electrons. The molecule has 0 unspecified atom stereocenters. The van der Waals surface area contributed by atoms with Crippen LogP contribution in [0.1, 0.15) is 5.56 Å². The molecule has 0 heterocycles. The van der Waals surface area contributed by atoms with Gasteiger partial charge in [-0.1, -0.05) is 12.1 Å². The Hall–Kier alpha value is -0.830. The number of hydrogen-bond donors (Lipinski definition) is 0. The van der Waals surface area contributed by atoms with Gasteiger partial charge in [0.2, 0.25) is 0 Å². The minimum absolute atomic E-state index is 0.180. The lowest BCUT2D eigenvalue weighted by Crippen LogP contribution is -2.05. The van der Waals surface area contributed by atoms with Gasteiger partial charge in [0.1, 0.15) is 11.6 Å². The fourth-order valence-electron chi connectivity index (χ4n) is 1.04. The van der Waals surface area contributed by atoms with Crippen molar-refractivity contribution in [1.82, 2.24) is 0 Å². The molecule has 0 saturated carbocycles. The molecule has 0 spiro atoms. The monoisotopic (exact) mass is 198 g/mol. The molecular formula is C10H11FOS. The van der Waals surface area contributed by atoms with E-state index in [-0.39, 0.29) is 11.6 Å². The first-order valence-corrected chi connectivity index (χ1v) is 5.37. The third kappa shape index (κ3) is 3.59. The van der Waals surface area contributed by atoms with Gasteiger partial charge in [0.05, 0.1) is 5.75 Å². The zero-order valence-electron chi connectivity index (χ0n) is 7.42. The van der Waals surface area contributed by atoms with Crippen LogP contribution in [0.2, 0.25) is 0 Å². The van der Waals surface area contributed by atoms with Gasteiger partial charge >= 0.3 is 0 Å². The molecule has 0 aliphatic carbocycles. The van der Waals surface area contributed by atoms with Gasteiger partial charge < -0.3 is 0 Å². The average molecular weight is 198 g/mol. The Morgan fingerprint density at radius 2 is 2.00 bits per heavy atom. The molecule has 1 nitrogen and oxygen atoms in total. The van der Waals surface area contributed by atoms with E-state index in [1.165, 1.54) is 23.9 Å². The van der Waals surface area contributed by atoms with Crippen LogP contribution in [-0.4, -0.2) is 17.8 Å². The minimum atomic E-state index is -0.263. The minimum Gasteiger partial charge on any atom is -0.298 e. The zero-order chi connectivity index (χ0) is 9.68. The number of hydrogen-bond acceptors (Lipinski definition) is 2. The maximum atomic E-state index is 12.5. The Bertz CT molecular complexity index is 281. The Balaban J connectivity index is 2.54. The topological polar surface area (TPSA) is 17.1 Å². The second-order valence-electron chi connectivity index (χ2n) is 2.77. The van der Waals surface area contributed by atoms with Crippen LogP contribution >= 0.6 is 11.8 Å². The fourth-order valence-corrected chi connectivity index (χ4v) is 1.47. The van der Waals surface area contributed by atoms with Gasteiger partial charge in [0.15, 0.2) is 0 Å². The molecule has 1 aromatic rings.